The fourth-order valence-corrected chi connectivity index (χ4v) is 2.12. The Bertz CT molecular complexity index is 387. The molecule has 3 nitrogen and oxygen atoms in total. The molecular weight excluding hydrogens is 253 g/mol. The van der Waals surface area contributed by atoms with E-state index in [0.29, 0.717) is 10.6 Å². The first-order chi connectivity index (χ1) is 7.81. The van der Waals surface area contributed by atoms with Gasteiger partial charge in [-0.25, -0.2) is 0 Å². The predicted octanol–water partition coefficient (Wildman–Crippen LogP) is 3.58. The lowest BCUT2D eigenvalue weighted by Gasteiger charge is -2.05. The van der Waals surface area contributed by atoms with E-state index in [4.69, 9.17) is 0 Å². The van der Waals surface area contributed by atoms with Gasteiger partial charge in [0.1, 0.15) is 4.88 Å². The van der Waals surface area contributed by atoms with Crippen LogP contribution in [0.15, 0.2) is 0 Å². The average molecular weight is 266 g/mol. The Kier molecular flexibility index (Phi) is 4.62. The number of alkyl halides is 3. The summed E-state index contributed by atoms with van der Waals surface area (Å²) in [5.41, 5.74) is 0.576. The van der Waals surface area contributed by atoms with Crippen molar-refractivity contribution in [2.75, 3.05) is 0 Å². The first kappa shape index (κ1) is 14.1. The number of carbonyl (C=O) groups excluding carboxylic acids is 1. The normalized spacial score (nSPS) is 12.1. The SMILES string of the molecule is CC(C)c1nnsc1C(=O)CCCC(F)(F)F. The van der Waals surface area contributed by atoms with Crippen LogP contribution in [-0.4, -0.2) is 21.5 Å². The third-order valence-corrected chi connectivity index (χ3v) is 2.96. The first-order valence-electron chi connectivity index (χ1n) is 5.23. The van der Waals surface area contributed by atoms with Gasteiger partial charge in [-0.1, -0.05) is 18.3 Å². The van der Waals surface area contributed by atoms with Crippen molar-refractivity contribution in [3.8, 4) is 0 Å². The first-order valence-corrected chi connectivity index (χ1v) is 6.01. The average Bonchev–Trinajstić information content (AvgIpc) is 2.63. The summed E-state index contributed by atoms with van der Waals surface area (Å²) in [6.07, 6.45) is -5.42. The number of ketones is 1. The minimum absolute atomic E-state index is 0.0512. The molecule has 0 aliphatic carbocycles. The molecule has 0 fully saturated rings. The molecule has 1 rings (SSSR count). The van der Waals surface area contributed by atoms with E-state index in [1.54, 1.807) is 0 Å². The number of Topliss-reactive ketones (excluding diaryl/α,β-unsaturated/α-hetero) is 1. The lowest BCUT2D eigenvalue weighted by molar-refractivity contribution is -0.135. The highest BCUT2D eigenvalue weighted by molar-refractivity contribution is 7.08. The van der Waals surface area contributed by atoms with Gasteiger partial charge in [-0.2, -0.15) is 13.2 Å². The monoisotopic (exact) mass is 266 g/mol. The van der Waals surface area contributed by atoms with Crippen LogP contribution in [0.4, 0.5) is 13.2 Å². The van der Waals surface area contributed by atoms with E-state index in [2.05, 4.69) is 9.59 Å². The number of hydrogen-bond acceptors (Lipinski definition) is 4. The zero-order valence-corrected chi connectivity index (χ0v) is 10.4. The summed E-state index contributed by atoms with van der Waals surface area (Å²) >= 11 is 0.952. The second-order valence-electron chi connectivity index (χ2n) is 4.03. The Morgan fingerprint density at radius 3 is 2.59 bits per heavy atom. The number of carbonyl (C=O) groups is 1. The summed E-state index contributed by atoms with van der Waals surface area (Å²) in [6.45, 7) is 3.73. The van der Waals surface area contributed by atoms with Gasteiger partial charge in [0.2, 0.25) is 0 Å². The third-order valence-electron chi connectivity index (χ3n) is 2.18. The number of hydrogen-bond donors (Lipinski definition) is 0. The van der Waals surface area contributed by atoms with Crippen molar-refractivity contribution < 1.29 is 18.0 Å². The van der Waals surface area contributed by atoms with Crippen molar-refractivity contribution in [3.63, 3.8) is 0 Å². The molecule has 1 aromatic heterocycles. The largest absolute Gasteiger partial charge is 0.389 e. The van der Waals surface area contributed by atoms with Crippen molar-refractivity contribution in [1.82, 2.24) is 9.59 Å². The Morgan fingerprint density at radius 2 is 2.06 bits per heavy atom. The molecule has 0 saturated heterocycles. The number of halogens is 3. The van der Waals surface area contributed by atoms with Gasteiger partial charge < -0.3 is 0 Å². The van der Waals surface area contributed by atoms with Crippen LogP contribution in [-0.2, 0) is 0 Å². The molecule has 0 atom stereocenters. The van der Waals surface area contributed by atoms with Crippen LogP contribution in [0.25, 0.3) is 0 Å². The topological polar surface area (TPSA) is 42.9 Å². The summed E-state index contributed by atoms with van der Waals surface area (Å²) < 4.78 is 39.4. The molecule has 0 spiro atoms. The maximum Gasteiger partial charge on any atom is 0.389 e. The highest BCUT2D eigenvalue weighted by Gasteiger charge is 2.27. The quantitative estimate of drug-likeness (QED) is 0.765. The smallest absolute Gasteiger partial charge is 0.293 e. The number of rotatable bonds is 5. The van der Waals surface area contributed by atoms with E-state index in [9.17, 15) is 18.0 Å². The summed E-state index contributed by atoms with van der Waals surface area (Å²) in [6, 6.07) is 0. The van der Waals surface area contributed by atoms with Crippen LogP contribution in [0.2, 0.25) is 0 Å². The molecule has 7 heteroatoms. The lowest BCUT2D eigenvalue weighted by Crippen LogP contribution is -2.09. The van der Waals surface area contributed by atoms with E-state index < -0.39 is 12.6 Å². The van der Waals surface area contributed by atoms with Crippen LogP contribution in [0.5, 0.6) is 0 Å². The van der Waals surface area contributed by atoms with Crippen molar-refractivity contribution in [1.29, 1.82) is 0 Å². The second kappa shape index (κ2) is 5.57. The van der Waals surface area contributed by atoms with Gasteiger partial charge in [-0.3, -0.25) is 4.79 Å². The van der Waals surface area contributed by atoms with Gasteiger partial charge in [0.05, 0.1) is 5.69 Å². The van der Waals surface area contributed by atoms with Crippen LogP contribution in [0, 0.1) is 0 Å². The van der Waals surface area contributed by atoms with Gasteiger partial charge in [0.15, 0.2) is 5.78 Å². The van der Waals surface area contributed by atoms with E-state index in [1.807, 2.05) is 13.8 Å². The number of aromatic nitrogens is 2. The van der Waals surface area contributed by atoms with E-state index >= 15 is 0 Å². The molecule has 0 amide bonds. The van der Waals surface area contributed by atoms with Gasteiger partial charge in [0, 0.05) is 12.8 Å². The maximum absolute atomic E-state index is 11.9. The standard InChI is InChI=1S/C10H13F3N2OS/c1-6(2)8-9(17-15-14-8)7(16)4-3-5-10(11,12)13/h6H,3-5H2,1-2H3. The van der Waals surface area contributed by atoms with E-state index in [0.717, 1.165) is 11.5 Å². The third kappa shape index (κ3) is 4.41. The minimum Gasteiger partial charge on any atom is -0.293 e. The highest BCUT2D eigenvalue weighted by Crippen LogP contribution is 2.25. The second-order valence-corrected chi connectivity index (χ2v) is 4.79. The molecule has 0 aliphatic heterocycles. The Morgan fingerprint density at radius 1 is 1.41 bits per heavy atom. The van der Waals surface area contributed by atoms with Gasteiger partial charge in [-0.05, 0) is 23.9 Å². The summed E-state index contributed by atoms with van der Waals surface area (Å²) in [5, 5.41) is 3.82. The van der Waals surface area contributed by atoms with Crippen LogP contribution < -0.4 is 0 Å². The number of nitrogens with zero attached hydrogens (tertiary/aromatic N) is 2. The Hall–Kier alpha value is -0.980. The van der Waals surface area contributed by atoms with Crippen molar-refractivity contribution in [2.45, 2.75) is 45.2 Å². The van der Waals surface area contributed by atoms with E-state index in [1.165, 1.54) is 0 Å². The lowest BCUT2D eigenvalue weighted by atomic mass is 10.1. The van der Waals surface area contributed by atoms with Gasteiger partial charge >= 0.3 is 6.18 Å². The van der Waals surface area contributed by atoms with Gasteiger partial charge in [-0.15, -0.1) is 5.10 Å². The molecule has 1 heterocycles. The minimum atomic E-state index is -4.20. The van der Waals surface area contributed by atoms with Crippen molar-refractivity contribution in [3.05, 3.63) is 10.6 Å². The van der Waals surface area contributed by atoms with Crippen LogP contribution in [0.1, 0.15) is 54.4 Å². The molecule has 0 saturated carbocycles. The Balaban J connectivity index is 2.56. The molecule has 0 N–H and O–H groups in total. The maximum atomic E-state index is 11.9. The van der Waals surface area contributed by atoms with E-state index in [-0.39, 0.29) is 24.5 Å². The Labute approximate surface area is 101 Å². The summed E-state index contributed by atoms with van der Waals surface area (Å²) in [5.74, 6) is -0.247. The van der Waals surface area contributed by atoms with Crippen LogP contribution >= 0.6 is 11.5 Å². The highest BCUT2D eigenvalue weighted by atomic mass is 32.1. The molecule has 0 aliphatic rings. The van der Waals surface area contributed by atoms with Crippen molar-refractivity contribution >= 4 is 17.3 Å². The molecular formula is C10H13F3N2OS. The molecule has 0 aromatic carbocycles. The van der Waals surface area contributed by atoms with Crippen molar-refractivity contribution in [2.24, 2.45) is 0 Å². The fourth-order valence-electron chi connectivity index (χ4n) is 1.33. The molecule has 0 unspecified atom stereocenters. The molecule has 0 radical (unpaired) electrons. The molecule has 1 aromatic rings. The zero-order chi connectivity index (χ0) is 13.1. The summed E-state index contributed by atoms with van der Waals surface area (Å²) in [4.78, 5) is 12.1. The zero-order valence-electron chi connectivity index (χ0n) is 9.54. The molecule has 17 heavy (non-hydrogen) atoms. The molecule has 0 bridgehead atoms. The van der Waals surface area contributed by atoms with Gasteiger partial charge in [0.25, 0.3) is 0 Å². The van der Waals surface area contributed by atoms with Crippen LogP contribution in [0.3, 0.4) is 0 Å². The fraction of sp³-hybridized carbons (Fsp3) is 0.700. The predicted molar refractivity (Wildman–Crippen MR) is 58.2 cm³/mol. The molecule has 96 valence electrons. The summed E-state index contributed by atoms with van der Waals surface area (Å²) in [7, 11) is 0.